The minimum absolute atomic E-state index is 0.101. The number of rotatable bonds is 1. The monoisotopic (exact) mass is 366 g/mol. The molecule has 4 fully saturated rings. The highest BCUT2D eigenvalue weighted by atomic mass is 16.6. The SMILES string of the molecule is CC[C@H]1CC2=CC(=O)CC[C@@H]2C2CC[C@@]3(C)C(C21)[C@H]1C[C@H]1[C@@]31C=CC(=O)O1. The van der Waals surface area contributed by atoms with Gasteiger partial charge in [0, 0.05) is 23.8 Å². The van der Waals surface area contributed by atoms with E-state index in [0.717, 1.165) is 43.4 Å². The summed E-state index contributed by atoms with van der Waals surface area (Å²) in [5, 5.41) is 0. The van der Waals surface area contributed by atoms with Crippen LogP contribution in [-0.4, -0.2) is 17.4 Å². The number of carbonyl (C=O) groups excluding carboxylic acids is 2. The van der Waals surface area contributed by atoms with E-state index in [1.807, 2.05) is 6.08 Å². The summed E-state index contributed by atoms with van der Waals surface area (Å²) in [7, 11) is 0. The fraction of sp³-hybridized carbons (Fsp3) is 0.750. The largest absolute Gasteiger partial charge is 0.451 e. The zero-order valence-corrected chi connectivity index (χ0v) is 16.4. The highest BCUT2D eigenvalue weighted by Crippen LogP contribution is 2.78. The molecule has 3 unspecified atom stereocenters. The Labute approximate surface area is 161 Å². The van der Waals surface area contributed by atoms with Crippen LogP contribution in [0.2, 0.25) is 0 Å². The lowest BCUT2D eigenvalue weighted by Crippen LogP contribution is -2.56. The number of hydrogen-bond donors (Lipinski definition) is 0. The van der Waals surface area contributed by atoms with Crippen LogP contribution in [0, 0.1) is 46.8 Å². The summed E-state index contributed by atoms with van der Waals surface area (Å²) in [5.74, 6) is 4.99. The number of hydrogen-bond acceptors (Lipinski definition) is 3. The molecule has 27 heavy (non-hydrogen) atoms. The number of ether oxygens (including phenoxy) is 1. The molecule has 0 aromatic heterocycles. The molecule has 1 spiro atoms. The molecule has 1 aliphatic heterocycles. The van der Waals surface area contributed by atoms with Crippen LogP contribution in [0.1, 0.15) is 58.8 Å². The fourth-order valence-electron chi connectivity index (χ4n) is 8.73. The third-order valence-corrected chi connectivity index (χ3v) is 9.73. The summed E-state index contributed by atoms with van der Waals surface area (Å²) in [6.45, 7) is 4.77. The predicted octanol–water partition coefficient (Wildman–Crippen LogP) is 4.47. The molecule has 9 atom stereocenters. The van der Waals surface area contributed by atoms with Crippen molar-refractivity contribution in [1.82, 2.24) is 0 Å². The van der Waals surface area contributed by atoms with E-state index >= 15 is 0 Å². The average molecular weight is 367 g/mol. The smallest absolute Gasteiger partial charge is 0.331 e. The molecule has 1 heterocycles. The van der Waals surface area contributed by atoms with E-state index in [-0.39, 0.29) is 17.0 Å². The molecule has 6 rings (SSSR count). The average Bonchev–Trinajstić information content (AvgIpc) is 3.29. The summed E-state index contributed by atoms with van der Waals surface area (Å²) in [5.41, 5.74) is 1.25. The van der Waals surface area contributed by atoms with E-state index in [4.69, 9.17) is 4.74 Å². The van der Waals surface area contributed by atoms with Gasteiger partial charge in [-0.1, -0.05) is 25.8 Å². The number of carbonyl (C=O) groups is 2. The van der Waals surface area contributed by atoms with Crippen molar-refractivity contribution in [1.29, 1.82) is 0 Å². The molecule has 144 valence electrons. The summed E-state index contributed by atoms with van der Waals surface area (Å²) < 4.78 is 6.10. The van der Waals surface area contributed by atoms with Gasteiger partial charge in [0.05, 0.1) is 0 Å². The molecule has 0 saturated heterocycles. The van der Waals surface area contributed by atoms with E-state index in [9.17, 15) is 9.59 Å². The summed E-state index contributed by atoms with van der Waals surface area (Å²) in [6, 6.07) is 0. The molecular formula is C24H30O3. The van der Waals surface area contributed by atoms with E-state index in [0.29, 0.717) is 29.5 Å². The standard InChI is InChI=1S/C24H30O3/c1-3-13-10-14-11-15(25)4-5-16(14)17-6-8-23(2)22(21(13)17)18-12-19(18)24(23)9-7-20(26)27-24/h7,9,11,13,16-19,21-22H,3-6,8,10,12H2,1-2H3/t13-,16-,17?,18-,19+,21?,22?,23-,24-/m0/s1. The van der Waals surface area contributed by atoms with Gasteiger partial charge in [-0.05, 0) is 79.8 Å². The molecule has 0 aromatic carbocycles. The van der Waals surface area contributed by atoms with Crippen molar-refractivity contribution in [2.75, 3.05) is 0 Å². The van der Waals surface area contributed by atoms with Crippen molar-refractivity contribution < 1.29 is 14.3 Å². The highest BCUT2D eigenvalue weighted by molar-refractivity contribution is 5.91. The van der Waals surface area contributed by atoms with Crippen LogP contribution in [-0.2, 0) is 14.3 Å². The van der Waals surface area contributed by atoms with E-state index < -0.39 is 0 Å². The summed E-state index contributed by atoms with van der Waals surface area (Å²) in [6.07, 6.45) is 13.6. The maximum atomic E-state index is 12.1. The molecule has 3 nitrogen and oxygen atoms in total. The quantitative estimate of drug-likeness (QED) is 0.643. The Morgan fingerprint density at radius 2 is 2.07 bits per heavy atom. The molecular weight excluding hydrogens is 336 g/mol. The molecule has 0 bridgehead atoms. The Morgan fingerprint density at radius 3 is 2.81 bits per heavy atom. The second-order valence-electron chi connectivity index (χ2n) is 10.5. The Kier molecular flexibility index (Phi) is 3.16. The lowest BCUT2D eigenvalue weighted by molar-refractivity contribution is -0.170. The van der Waals surface area contributed by atoms with Crippen molar-refractivity contribution in [3.8, 4) is 0 Å². The van der Waals surface area contributed by atoms with Crippen LogP contribution in [0.15, 0.2) is 23.8 Å². The molecule has 0 aromatic rings. The topological polar surface area (TPSA) is 43.4 Å². The minimum Gasteiger partial charge on any atom is -0.451 e. The van der Waals surface area contributed by atoms with Gasteiger partial charge in [0.25, 0.3) is 0 Å². The molecule has 5 aliphatic carbocycles. The van der Waals surface area contributed by atoms with Gasteiger partial charge in [-0.2, -0.15) is 0 Å². The number of fused-ring (bicyclic) bond motifs is 9. The van der Waals surface area contributed by atoms with E-state index in [2.05, 4.69) is 19.9 Å². The van der Waals surface area contributed by atoms with Gasteiger partial charge < -0.3 is 4.74 Å². The molecule has 6 aliphatic rings. The van der Waals surface area contributed by atoms with Gasteiger partial charge in [-0.25, -0.2) is 4.79 Å². The third kappa shape index (κ3) is 1.89. The van der Waals surface area contributed by atoms with Crippen molar-refractivity contribution in [2.24, 2.45) is 46.8 Å². The van der Waals surface area contributed by atoms with E-state index in [1.165, 1.54) is 24.8 Å². The molecule has 0 radical (unpaired) electrons. The highest BCUT2D eigenvalue weighted by Gasteiger charge is 2.78. The fourth-order valence-corrected chi connectivity index (χ4v) is 8.73. The number of ketones is 1. The maximum Gasteiger partial charge on any atom is 0.331 e. The van der Waals surface area contributed by atoms with Gasteiger partial charge in [0.1, 0.15) is 5.60 Å². The predicted molar refractivity (Wildman–Crippen MR) is 102 cm³/mol. The zero-order chi connectivity index (χ0) is 18.6. The van der Waals surface area contributed by atoms with Crippen molar-refractivity contribution >= 4 is 11.8 Å². The first kappa shape index (κ1) is 16.6. The first-order valence-corrected chi connectivity index (χ1v) is 11.1. The molecule has 3 heteroatoms. The van der Waals surface area contributed by atoms with Crippen LogP contribution in [0.4, 0.5) is 0 Å². The lowest BCUT2D eigenvalue weighted by Gasteiger charge is -2.59. The first-order chi connectivity index (χ1) is 13.0. The van der Waals surface area contributed by atoms with Gasteiger partial charge in [0.15, 0.2) is 5.78 Å². The van der Waals surface area contributed by atoms with Crippen LogP contribution < -0.4 is 0 Å². The summed E-state index contributed by atoms with van der Waals surface area (Å²) >= 11 is 0. The van der Waals surface area contributed by atoms with Crippen molar-refractivity contribution in [2.45, 2.75) is 64.4 Å². The van der Waals surface area contributed by atoms with Crippen molar-refractivity contribution in [3.63, 3.8) is 0 Å². The second-order valence-corrected chi connectivity index (χ2v) is 10.5. The van der Waals surface area contributed by atoms with Crippen LogP contribution in [0.3, 0.4) is 0 Å². The molecule has 0 amide bonds. The second kappa shape index (κ2) is 5.15. The first-order valence-electron chi connectivity index (χ1n) is 11.1. The zero-order valence-electron chi connectivity index (χ0n) is 16.4. The normalized spacial score (nSPS) is 54.7. The number of allylic oxidation sites excluding steroid dienone is 1. The van der Waals surface area contributed by atoms with Crippen LogP contribution in [0.25, 0.3) is 0 Å². The third-order valence-electron chi connectivity index (χ3n) is 9.73. The van der Waals surface area contributed by atoms with Crippen LogP contribution >= 0.6 is 0 Å². The number of esters is 1. The van der Waals surface area contributed by atoms with Gasteiger partial charge in [-0.15, -0.1) is 0 Å². The van der Waals surface area contributed by atoms with Crippen LogP contribution in [0.5, 0.6) is 0 Å². The maximum absolute atomic E-state index is 12.1. The summed E-state index contributed by atoms with van der Waals surface area (Å²) in [4.78, 5) is 24.1. The Hall–Kier alpha value is -1.38. The minimum atomic E-state index is -0.318. The Balaban J connectivity index is 1.42. The Bertz CT molecular complexity index is 793. The van der Waals surface area contributed by atoms with Gasteiger partial charge in [-0.3, -0.25) is 4.79 Å². The van der Waals surface area contributed by atoms with Gasteiger partial charge in [0.2, 0.25) is 0 Å². The molecule has 4 saturated carbocycles. The molecule has 0 N–H and O–H groups in total. The Morgan fingerprint density at radius 1 is 1.22 bits per heavy atom. The van der Waals surface area contributed by atoms with Gasteiger partial charge >= 0.3 is 5.97 Å². The van der Waals surface area contributed by atoms with E-state index in [1.54, 1.807) is 6.08 Å². The lowest BCUT2D eigenvalue weighted by atomic mass is 9.46. The van der Waals surface area contributed by atoms with Crippen molar-refractivity contribution in [3.05, 3.63) is 23.8 Å².